The molecule has 2 unspecified atom stereocenters. The molecule has 2 atom stereocenters. The van der Waals surface area contributed by atoms with Gasteiger partial charge in [-0.3, -0.25) is 4.79 Å². The summed E-state index contributed by atoms with van der Waals surface area (Å²) in [4.78, 5) is 11.2. The molecule has 1 aliphatic heterocycles. The van der Waals surface area contributed by atoms with Gasteiger partial charge in [0, 0.05) is 12.1 Å². The van der Waals surface area contributed by atoms with E-state index in [1.807, 2.05) is 18.2 Å². The Balaban J connectivity index is 2.29. The van der Waals surface area contributed by atoms with Gasteiger partial charge >= 0.3 is 0 Å². The van der Waals surface area contributed by atoms with Crippen molar-refractivity contribution in [1.29, 1.82) is 0 Å². The zero-order chi connectivity index (χ0) is 11.7. The molecule has 1 aliphatic rings. The Kier molecular flexibility index (Phi) is 2.94. The molecule has 0 aliphatic carbocycles. The maximum absolute atomic E-state index is 11.2. The van der Waals surface area contributed by atoms with Crippen LogP contribution in [0.5, 0.6) is 0 Å². The molecule has 2 rings (SSSR count). The second kappa shape index (κ2) is 4.23. The van der Waals surface area contributed by atoms with Crippen LogP contribution < -0.4 is 11.1 Å². The molecular weight excluding hydrogens is 204 g/mol. The summed E-state index contributed by atoms with van der Waals surface area (Å²) in [5, 5.41) is 12.2. The largest absolute Gasteiger partial charge is 0.391 e. The molecule has 0 bridgehead atoms. The van der Waals surface area contributed by atoms with Gasteiger partial charge in [0.25, 0.3) is 0 Å². The Morgan fingerprint density at radius 2 is 2.19 bits per heavy atom. The summed E-state index contributed by atoms with van der Waals surface area (Å²) in [6.07, 6.45) is 0.679. The molecule has 4 nitrogen and oxygen atoms in total. The summed E-state index contributed by atoms with van der Waals surface area (Å²) in [6.45, 7) is 1.67. The van der Waals surface area contributed by atoms with Crippen molar-refractivity contribution >= 4 is 11.6 Å². The summed E-state index contributed by atoms with van der Waals surface area (Å²) in [7, 11) is 0. The molecule has 0 radical (unpaired) electrons. The first-order valence-electron chi connectivity index (χ1n) is 5.44. The van der Waals surface area contributed by atoms with Crippen LogP contribution >= 0.6 is 0 Å². The van der Waals surface area contributed by atoms with E-state index < -0.39 is 6.10 Å². The lowest BCUT2D eigenvalue weighted by Crippen LogP contribution is -2.24. The molecule has 4 heteroatoms. The van der Waals surface area contributed by atoms with Crippen LogP contribution in [-0.2, 0) is 11.2 Å². The maximum Gasteiger partial charge on any atom is 0.224 e. The zero-order valence-electron chi connectivity index (χ0n) is 9.23. The number of anilines is 1. The van der Waals surface area contributed by atoms with Crippen molar-refractivity contribution in [2.24, 2.45) is 5.73 Å². The molecule has 4 N–H and O–H groups in total. The quantitative estimate of drug-likeness (QED) is 0.694. The predicted molar refractivity (Wildman–Crippen MR) is 62.0 cm³/mol. The van der Waals surface area contributed by atoms with Gasteiger partial charge < -0.3 is 16.2 Å². The highest BCUT2D eigenvalue weighted by atomic mass is 16.3. The first kappa shape index (κ1) is 11.1. The van der Waals surface area contributed by atoms with Crippen LogP contribution in [0.25, 0.3) is 0 Å². The van der Waals surface area contributed by atoms with Gasteiger partial charge in [0.2, 0.25) is 5.91 Å². The standard InChI is InChI=1S/C12H16N2O2/c1-7(15)12(13)9-2-4-10-8(6-9)3-5-11(16)14-10/h2,4,6-7,12,15H,3,5,13H2,1H3,(H,14,16). The lowest BCUT2D eigenvalue weighted by atomic mass is 9.96. The summed E-state index contributed by atoms with van der Waals surface area (Å²) in [5.41, 5.74) is 8.72. The normalized spacial score (nSPS) is 18.6. The van der Waals surface area contributed by atoms with Crippen molar-refractivity contribution in [1.82, 2.24) is 0 Å². The second-order valence-corrected chi connectivity index (χ2v) is 4.23. The molecule has 1 aromatic rings. The van der Waals surface area contributed by atoms with E-state index in [4.69, 9.17) is 5.73 Å². The van der Waals surface area contributed by atoms with Gasteiger partial charge in [0.15, 0.2) is 0 Å². The number of fused-ring (bicyclic) bond motifs is 1. The summed E-state index contributed by atoms with van der Waals surface area (Å²) < 4.78 is 0. The lowest BCUT2D eigenvalue weighted by Gasteiger charge is -2.20. The van der Waals surface area contributed by atoms with Crippen LogP contribution in [0.3, 0.4) is 0 Å². The number of nitrogens with one attached hydrogen (secondary N) is 1. The monoisotopic (exact) mass is 220 g/mol. The van der Waals surface area contributed by atoms with E-state index in [1.165, 1.54) is 0 Å². The van der Waals surface area contributed by atoms with Crippen LogP contribution in [0.4, 0.5) is 5.69 Å². The molecular formula is C12H16N2O2. The predicted octanol–water partition coefficient (Wildman–Crippen LogP) is 0.952. The Bertz CT molecular complexity index is 415. The topological polar surface area (TPSA) is 75.3 Å². The summed E-state index contributed by atoms with van der Waals surface area (Å²) in [6, 6.07) is 5.29. The minimum atomic E-state index is -0.573. The highest BCUT2D eigenvalue weighted by Gasteiger charge is 2.18. The highest BCUT2D eigenvalue weighted by molar-refractivity contribution is 5.93. The lowest BCUT2D eigenvalue weighted by molar-refractivity contribution is -0.116. The zero-order valence-corrected chi connectivity index (χ0v) is 9.23. The van der Waals surface area contributed by atoms with Gasteiger partial charge in [-0.1, -0.05) is 12.1 Å². The number of carbonyl (C=O) groups is 1. The first-order chi connectivity index (χ1) is 7.58. The van der Waals surface area contributed by atoms with E-state index >= 15 is 0 Å². The second-order valence-electron chi connectivity index (χ2n) is 4.23. The number of hydrogen-bond donors (Lipinski definition) is 3. The van der Waals surface area contributed by atoms with Crippen LogP contribution in [0, 0.1) is 0 Å². The third-order valence-electron chi connectivity index (χ3n) is 2.93. The Labute approximate surface area is 94.5 Å². The number of benzene rings is 1. The van der Waals surface area contributed by atoms with E-state index in [0.717, 1.165) is 23.2 Å². The SMILES string of the molecule is CC(O)C(N)c1ccc2c(c1)CCC(=O)N2. The fourth-order valence-electron chi connectivity index (χ4n) is 1.89. The van der Waals surface area contributed by atoms with Gasteiger partial charge in [0.1, 0.15) is 0 Å². The van der Waals surface area contributed by atoms with Crippen LogP contribution in [-0.4, -0.2) is 17.1 Å². The van der Waals surface area contributed by atoms with E-state index in [9.17, 15) is 9.90 Å². The maximum atomic E-state index is 11.2. The minimum Gasteiger partial charge on any atom is -0.391 e. The van der Waals surface area contributed by atoms with Crippen molar-refractivity contribution in [2.45, 2.75) is 31.9 Å². The van der Waals surface area contributed by atoms with Crippen LogP contribution in [0.2, 0.25) is 0 Å². The van der Waals surface area contributed by atoms with Gasteiger partial charge in [-0.15, -0.1) is 0 Å². The van der Waals surface area contributed by atoms with Crippen molar-refractivity contribution in [3.05, 3.63) is 29.3 Å². The molecule has 16 heavy (non-hydrogen) atoms. The number of hydrogen-bond acceptors (Lipinski definition) is 3. The summed E-state index contributed by atoms with van der Waals surface area (Å²) >= 11 is 0. The molecule has 1 amide bonds. The van der Waals surface area contributed by atoms with Gasteiger partial charge in [-0.2, -0.15) is 0 Å². The fraction of sp³-hybridized carbons (Fsp3) is 0.417. The third kappa shape index (κ3) is 2.08. The van der Waals surface area contributed by atoms with Gasteiger partial charge in [-0.05, 0) is 30.5 Å². The Morgan fingerprint density at radius 1 is 1.44 bits per heavy atom. The number of rotatable bonds is 2. The van der Waals surface area contributed by atoms with Crippen LogP contribution in [0.1, 0.15) is 30.5 Å². The van der Waals surface area contributed by atoms with Crippen molar-refractivity contribution in [3.63, 3.8) is 0 Å². The number of aliphatic hydroxyl groups excluding tert-OH is 1. The number of aryl methyl sites for hydroxylation is 1. The van der Waals surface area contributed by atoms with Gasteiger partial charge in [-0.25, -0.2) is 0 Å². The van der Waals surface area contributed by atoms with Crippen molar-refractivity contribution < 1.29 is 9.90 Å². The van der Waals surface area contributed by atoms with E-state index in [2.05, 4.69) is 5.32 Å². The number of aliphatic hydroxyl groups is 1. The Hall–Kier alpha value is -1.39. The number of nitrogens with two attached hydrogens (primary N) is 1. The number of carbonyl (C=O) groups excluding carboxylic acids is 1. The fourth-order valence-corrected chi connectivity index (χ4v) is 1.89. The van der Waals surface area contributed by atoms with E-state index in [1.54, 1.807) is 6.92 Å². The molecule has 0 aromatic heterocycles. The molecule has 86 valence electrons. The Morgan fingerprint density at radius 3 is 2.88 bits per heavy atom. The highest BCUT2D eigenvalue weighted by Crippen LogP contribution is 2.26. The first-order valence-corrected chi connectivity index (χ1v) is 5.44. The molecule has 0 saturated carbocycles. The van der Waals surface area contributed by atoms with E-state index in [0.29, 0.717) is 6.42 Å². The van der Waals surface area contributed by atoms with E-state index in [-0.39, 0.29) is 11.9 Å². The van der Waals surface area contributed by atoms with Crippen LogP contribution in [0.15, 0.2) is 18.2 Å². The van der Waals surface area contributed by atoms with Crippen molar-refractivity contribution in [3.8, 4) is 0 Å². The molecule has 1 heterocycles. The molecule has 1 aromatic carbocycles. The average Bonchev–Trinajstić information content (AvgIpc) is 2.27. The molecule has 0 fully saturated rings. The third-order valence-corrected chi connectivity index (χ3v) is 2.93. The average molecular weight is 220 g/mol. The summed E-state index contributed by atoms with van der Waals surface area (Å²) in [5.74, 6) is 0.0556. The van der Waals surface area contributed by atoms with Crippen molar-refractivity contribution in [2.75, 3.05) is 5.32 Å². The smallest absolute Gasteiger partial charge is 0.224 e. The van der Waals surface area contributed by atoms with Gasteiger partial charge in [0.05, 0.1) is 12.1 Å². The minimum absolute atomic E-state index is 0.0556. The number of amides is 1. The molecule has 0 saturated heterocycles. The molecule has 0 spiro atoms.